The van der Waals surface area contributed by atoms with E-state index in [0.717, 1.165) is 11.0 Å². The Bertz CT molecular complexity index is 909. The maximum atomic E-state index is 13.0. The second-order valence-corrected chi connectivity index (χ2v) is 7.47. The average molecular weight is 480 g/mol. The van der Waals surface area contributed by atoms with Gasteiger partial charge in [-0.3, -0.25) is 19.3 Å². The lowest BCUT2D eigenvalue weighted by atomic mass is 10.1. The van der Waals surface area contributed by atoms with Crippen LogP contribution in [0.3, 0.4) is 0 Å². The SMILES string of the molecule is NC(=O)[C@@H](C(=O)Nc1ccc(N2CCOCC2=O)c(OC(F)F)c1)N(CC(F)(F)F)C1CC1. The van der Waals surface area contributed by atoms with Crippen molar-refractivity contribution in [1.82, 2.24) is 4.90 Å². The van der Waals surface area contributed by atoms with Crippen LogP contribution in [0, 0.1) is 0 Å². The van der Waals surface area contributed by atoms with Gasteiger partial charge in [-0.05, 0) is 25.0 Å². The highest BCUT2D eigenvalue weighted by molar-refractivity contribution is 6.10. The highest BCUT2D eigenvalue weighted by atomic mass is 19.4. The van der Waals surface area contributed by atoms with E-state index in [0.29, 0.717) is 17.7 Å². The molecule has 1 aliphatic carbocycles. The van der Waals surface area contributed by atoms with Gasteiger partial charge in [0.05, 0.1) is 18.8 Å². The predicted octanol–water partition coefficient (Wildman–Crippen LogP) is 1.47. The summed E-state index contributed by atoms with van der Waals surface area (Å²) in [5.41, 5.74) is 5.07. The van der Waals surface area contributed by atoms with Gasteiger partial charge in [0.15, 0.2) is 11.8 Å². The average Bonchev–Trinajstić information content (AvgIpc) is 3.52. The third-order valence-electron chi connectivity index (χ3n) is 4.95. The zero-order chi connectivity index (χ0) is 24.3. The second-order valence-electron chi connectivity index (χ2n) is 7.47. The van der Waals surface area contributed by atoms with Gasteiger partial charge in [0, 0.05) is 24.3 Å². The van der Waals surface area contributed by atoms with Crippen LogP contribution in [0.15, 0.2) is 18.2 Å². The maximum absolute atomic E-state index is 13.0. The first-order chi connectivity index (χ1) is 15.5. The summed E-state index contributed by atoms with van der Waals surface area (Å²) in [6, 6.07) is 0.870. The lowest BCUT2D eigenvalue weighted by molar-refractivity contribution is -0.158. The van der Waals surface area contributed by atoms with Gasteiger partial charge in [-0.15, -0.1) is 0 Å². The molecule has 3 amide bonds. The minimum Gasteiger partial charge on any atom is -0.433 e. The summed E-state index contributed by atoms with van der Waals surface area (Å²) in [5.74, 6) is -3.40. The van der Waals surface area contributed by atoms with Gasteiger partial charge in [0.25, 0.3) is 11.8 Å². The number of carbonyl (C=O) groups excluding carboxylic acids is 3. The van der Waals surface area contributed by atoms with Gasteiger partial charge >= 0.3 is 12.8 Å². The summed E-state index contributed by atoms with van der Waals surface area (Å²) in [5, 5.41) is 2.23. The van der Waals surface area contributed by atoms with Crippen LogP contribution in [0.4, 0.5) is 33.3 Å². The molecule has 0 aromatic heterocycles. The Labute approximate surface area is 184 Å². The second kappa shape index (κ2) is 9.87. The number of hydrogen-bond acceptors (Lipinski definition) is 6. The minimum atomic E-state index is -4.68. The Kier molecular flexibility index (Phi) is 7.37. The number of morpholine rings is 1. The fraction of sp³-hybridized carbons (Fsp3) is 0.526. The van der Waals surface area contributed by atoms with E-state index in [1.807, 2.05) is 0 Å². The van der Waals surface area contributed by atoms with E-state index in [9.17, 15) is 36.3 Å². The molecule has 0 bridgehead atoms. The van der Waals surface area contributed by atoms with Gasteiger partial charge in [0.2, 0.25) is 5.91 Å². The molecule has 3 rings (SSSR count). The van der Waals surface area contributed by atoms with Crippen molar-refractivity contribution < 1.29 is 45.8 Å². The third kappa shape index (κ3) is 6.51. The number of nitrogens with one attached hydrogen (secondary N) is 1. The molecule has 0 unspecified atom stereocenters. The van der Waals surface area contributed by atoms with Crippen LogP contribution < -0.4 is 20.7 Å². The highest BCUT2D eigenvalue weighted by Crippen LogP contribution is 2.35. The molecular formula is C19H21F5N4O5. The van der Waals surface area contributed by atoms with Crippen LogP contribution in [0.5, 0.6) is 5.75 Å². The van der Waals surface area contributed by atoms with Crippen molar-refractivity contribution in [3.05, 3.63) is 18.2 Å². The number of rotatable bonds is 9. The molecule has 0 radical (unpaired) electrons. The Morgan fingerprint density at radius 2 is 2.00 bits per heavy atom. The van der Waals surface area contributed by atoms with Gasteiger partial charge in [0.1, 0.15) is 6.61 Å². The van der Waals surface area contributed by atoms with Gasteiger partial charge in [-0.1, -0.05) is 0 Å². The molecule has 1 saturated heterocycles. The summed E-state index contributed by atoms with van der Waals surface area (Å²) >= 11 is 0. The van der Waals surface area contributed by atoms with Gasteiger partial charge in [-0.2, -0.15) is 22.0 Å². The fourth-order valence-corrected chi connectivity index (χ4v) is 3.48. The van der Waals surface area contributed by atoms with E-state index in [1.165, 1.54) is 12.1 Å². The van der Waals surface area contributed by atoms with E-state index >= 15 is 0 Å². The number of primary amides is 1. The Morgan fingerprint density at radius 3 is 2.55 bits per heavy atom. The quantitative estimate of drug-likeness (QED) is 0.409. The highest BCUT2D eigenvalue weighted by Gasteiger charge is 2.45. The standard InChI is InChI=1S/C19H21F5N4O5/c20-18(21)33-13-7-10(1-4-12(13)27-5-6-32-8-14(27)29)26-17(31)15(16(25)30)28(11-2-3-11)9-19(22,23)24/h1,4,7,11,15,18H,2-3,5-6,8-9H2,(H2,25,30)(H,26,31)/t15-/m0/s1. The third-order valence-corrected chi connectivity index (χ3v) is 4.95. The Hall–Kier alpha value is -3.00. The molecule has 14 heteroatoms. The van der Waals surface area contributed by atoms with Crippen molar-refractivity contribution >= 4 is 29.1 Å². The summed E-state index contributed by atoms with van der Waals surface area (Å²) in [6.07, 6.45) is -3.95. The van der Waals surface area contributed by atoms with Crippen LogP contribution in [0.2, 0.25) is 0 Å². The molecule has 1 aromatic rings. The molecule has 0 spiro atoms. The first kappa shape index (κ1) is 24.6. The molecular weight excluding hydrogens is 459 g/mol. The number of nitrogens with zero attached hydrogens (tertiary/aromatic N) is 2. The number of nitrogens with two attached hydrogens (primary N) is 1. The lowest BCUT2D eigenvalue weighted by Crippen LogP contribution is -2.55. The minimum absolute atomic E-state index is 0.00951. The van der Waals surface area contributed by atoms with Crippen LogP contribution in [-0.2, 0) is 19.1 Å². The van der Waals surface area contributed by atoms with Gasteiger partial charge in [-0.25, -0.2) is 0 Å². The fourth-order valence-electron chi connectivity index (χ4n) is 3.48. The maximum Gasteiger partial charge on any atom is 0.401 e. The summed E-state index contributed by atoms with van der Waals surface area (Å²) < 4.78 is 74.3. The first-order valence-corrected chi connectivity index (χ1v) is 9.86. The van der Waals surface area contributed by atoms with Crippen molar-refractivity contribution in [3.8, 4) is 5.75 Å². The number of ether oxygens (including phenoxy) is 2. The molecule has 9 nitrogen and oxygen atoms in total. The van der Waals surface area contributed by atoms with E-state index in [-0.39, 0.29) is 31.1 Å². The number of halogens is 5. The van der Waals surface area contributed by atoms with Crippen molar-refractivity contribution in [2.45, 2.75) is 37.7 Å². The zero-order valence-electron chi connectivity index (χ0n) is 17.1. The number of hydrogen-bond donors (Lipinski definition) is 2. The summed E-state index contributed by atoms with van der Waals surface area (Å²) in [7, 11) is 0. The van der Waals surface area contributed by atoms with E-state index in [1.54, 1.807) is 0 Å². The van der Waals surface area contributed by atoms with Gasteiger partial charge < -0.3 is 25.4 Å². The van der Waals surface area contributed by atoms with Crippen LogP contribution >= 0.6 is 0 Å². The van der Waals surface area contributed by atoms with Crippen molar-refractivity contribution in [2.75, 3.05) is 36.5 Å². The molecule has 1 atom stereocenters. The van der Waals surface area contributed by atoms with Crippen molar-refractivity contribution in [3.63, 3.8) is 0 Å². The monoisotopic (exact) mass is 480 g/mol. The van der Waals surface area contributed by atoms with Crippen LogP contribution in [0.25, 0.3) is 0 Å². The van der Waals surface area contributed by atoms with Crippen LogP contribution in [0.1, 0.15) is 12.8 Å². The van der Waals surface area contributed by atoms with Crippen molar-refractivity contribution in [2.24, 2.45) is 5.73 Å². The smallest absolute Gasteiger partial charge is 0.401 e. The Morgan fingerprint density at radius 1 is 1.30 bits per heavy atom. The molecule has 1 aromatic carbocycles. The molecule has 33 heavy (non-hydrogen) atoms. The molecule has 1 heterocycles. The van der Waals surface area contributed by atoms with Crippen molar-refractivity contribution in [1.29, 1.82) is 0 Å². The number of benzene rings is 1. The Balaban J connectivity index is 1.85. The van der Waals surface area contributed by atoms with E-state index < -0.39 is 54.9 Å². The normalized spacial score (nSPS) is 17.9. The first-order valence-electron chi connectivity index (χ1n) is 9.86. The molecule has 2 aliphatic rings. The summed E-state index contributed by atoms with van der Waals surface area (Å²) in [4.78, 5) is 38.5. The predicted molar refractivity (Wildman–Crippen MR) is 104 cm³/mol. The zero-order valence-corrected chi connectivity index (χ0v) is 17.1. The molecule has 2 fully saturated rings. The largest absolute Gasteiger partial charge is 0.433 e. The molecule has 182 valence electrons. The number of anilines is 2. The topological polar surface area (TPSA) is 114 Å². The molecule has 1 aliphatic heterocycles. The molecule has 3 N–H and O–H groups in total. The van der Waals surface area contributed by atoms with E-state index in [4.69, 9.17) is 10.5 Å². The number of carbonyl (C=O) groups is 3. The van der Waals surface area contributed by atoms with Crippen LogP contribution in [-0.4, -0.2) is 73.8 Å². The number of alkyl halides is 5. The summed E-state index contributed by atoms with van der Waals surface area (Å²) in [6.45, 7) is -4.81. The lowest BCUT2D eigenvalue weighted by Gasteiger charge is -2.30. The molecule has 1 saturated carbocycles. The van der Waals surface area contributed by atoms with E-state index in [2.05, 4.69) is 10.1 Å². The number of amides is 3.